The van der Waals surface area contributed by atoms with Crippen molar-refractivity contribution in [2.45, 2.75) is 45.7 Å². The molecule has 13 heteroatoms. The largest absolute Gasteiger partial charge is 0.431 e. The molecule has 1 aromatic heterocycles. The van der Waals surface area contributed by atoms with Crippen LogP contribution in [0.4, 0.5) is 13.2 Å². The van der Waals surface area contributed by atoms with Gasteiger partial charge < -0.3 is 19.4 Å². The van der Waals surface area contributed by atoms with E-state index < -0.39 is 47.6 Å². The maximum Gasteiger partial charge on any atom is 0.431 e. The molecule has 2 unspecified atom stereocenters. The summed E-state index contributed by atoms with van der Waals surface area (Å²) in [5, 5.41) is 2.63. The van der Waals surface area contributed by atoms with Gasteiger partial charge in [-0.1, -0.05) is 53.5 Å². The predicted molar refractivity (Wildman–Crippen MR) is 146 cm³/mol. The van der Waals surface area contributed by atoms with Crippen LogP contribution < -0.4 is 10.9 Å². The number of nitrogens with one attached hydrogen (secondary N) is 1. The molecule has 0 saturated heterocycles. The number of carbonyl (C=O) groups excluding carboxylic acids is 3. The summed E-state index contributed by atoms with van der Waals surface area (Å²) in [6.07, 6.45) is -6.05. The highest BCUT2D eigenvalue weighted by Crippen LogP contribution is 2.31. The second-order valence-corrected chi connectivity index (χ2v) is 9.90. The van der Waals surface area contributed by atoms with Crippen LogP contribution in [0.15, 0.2) is 53.3 Å². The van der Waals surface area contributed by atoms with E-state index in [-0.39, 0.29) is 33.2 Å². The second-order valence-electron chi connectivity index (χ2n) is 9.09. The van der Waals surface area contributed by atoms with Crippen molar-refractivity contribution < 1.29 is 37.0 Å². The summed E-state index contributed by atoms with van der Waals surface area (Å²) in [5.74, 6) is -2.37. The smallest absolute Gasteiger partial charge is 0.426 e. The first-order valence-corrected chi connectivity index (χ1v) is 12.9. The Morgan fingerprint density at radius 2 is 1.61 bits per heavy atom. The Hall–Kier alpha value is -3.83. The van der Waals surface area contributed by atoms with Crippen molar-refractivity contribution in [1.29, 1.82) is 0 Å². The molecule has 0 spiro atoms. The van der Waals surface area contributed by atoms with Crippen LogP contribution in [0.2, 0.25) is 10.0 Å². The molecule has 0 aliphatic heterocycles. The molecule has 2 aromatic carbocycles. The number of ether oxygens (including phenoxy) is 2. The number of nitrogens with zero attached hydrogens (tertiary/aromatic N) is 1. The van der Waals surface area contributed by atoms with Crippen molar-refractivity contribution in [2.24, 2.45) is 7.05 Å². The molecule has 0 bridgehead atoms. The number of benzene rings is 2. The van der Waals surface area contributed by atoms with E-state index in [1.807, 2.05) is 0 Å². The number of esters is 2. The first-order chi connectivity index (χ1) is 19.1. The number of hydrogen-bond acceptors (Lipinski definition) is 6. The van der Waals surface area contributed by atoms with E-state index in [4.69, 9.17) is 32.7 Å². The average Bonchev–Trinajstić information content (AvgIpc) is 2.85. The van der Waals surface area contributed by atoms with Gasteiger partial charge in [0.05, 0.1) is 21.2 Å². The fourth-order valence-electron chi connectivity index (χ4n) is 4.13. The standard InChI is InChI=1S/C28H25Cl2F3N2O6/c1-14-12-22(28(31,32)33)35(4)26(38)23(14)18-10-8-17(9-11-18)13-21(27(39)41-16(3)40-15(2)36)34-25(37)24-19(29)6-5-7-20(24)30/h5-12,16,21H,13H2,1-4H3,(H,34,37). The fourth-order valence-corrected chi connectivity index (χ4v) is 4.70. The van der Waals surface area contributed by atoms with Gasteiger partial charge in [0.25, 0.3) is 11.5 Å². The van der Waals surface area contributed by atoms with Crippen LogP contribution in [0, 0.1) is 6.92 Å². The van der Waals surface area contributed by atoms with Crippen molar-refractivity contribution >= 4 is 41.0 Å². The summed E-state index contributed by atoms with van der Waals surface area (Å²) >= 11 is 12.3. The van der Waals surface area contributed by atoms with Gasteiger partial charge >= 0.3 is 18.1 Å². The lowest BCUT2D eigenvalue weighted by atomic mass is 9.98. The third-order valence-electron chi connectivity index (χ3n) is 5.99. The molecule has 41 heavy (non-hydrogen) atoms. The summed E-state index contributed by atoms with van der Waals surface area (Å²) < 4.78 is 50.5. The molecule has 1 N–H and O–H groups in total. The Kier molecular flexibility index (Phi) is 9.88. The molecular formula is C28H25Cl2F3N2O6. The van der Waals surface area contributed by atoms with E-state index in [0.717, 1.165) is 20.0 Å². The number of amides is 1. The number of aromatic nitrogens is 1. The summed E-state index contributed by atoms with van der Waals surface area (Å²) in [7, 11) is 1.05. The van der Waals surface area contributed by atoms with Gasteiger partial charge in [0.2, 0.25) is 6.29 Å². The average molecular weight is 613 g/mol. The first kappa shape index (κ1) is 31.7. The quantitative estimate of drug-likeness (QED) is 0.267. The minimum Gasteiger partial charge on any atom is -0.426 e. The first-order valence-electron chi connectivity index (χ1n) is 12.1. The highest BCUT2D eigenvalue weighted by atomic mass is 35.5. The van der Waals surface area contributed by atoms with Crippen molar-refractivity contribution in [1.82, 2.24) is 9.88 Å². The van der Waals surface area contributed by atoms with Gasteiger partial charge in [-0.15, -0.1) is 0 Å². The molecular weight excluding hydrogens is 588 g/mol. The Morgan fingerprint density at radius 3 is 2.15 bits per heavy atom. The fraction of sp³-hybridized carbons (Fsp3) is 0.286. The summed E-state index contributed by atoms with van der Waals surface area (Å²) in [6.45, 7) is 3.87. The molecule has 218 valence electrons. The lowest BCUT2D eigenvalue weighted by Crippen LogP contribution is -2.44. The zero-order valence-electron chi connectivity index (χ0n) is 22.3. The molecule has 0 radical (unpaired) electrons. The summed E-state index contributed by atoms with van der Waals surface area (Å²) in [4.78, 5) is 50.0. The second kappa shape index (κ2) is 12.8. The highest BCUT2D eigenvalue weighted by Gasteiger charge is 2.35. The van der Waals surface area contributed by atoms with E-state index >= 15 is 0 Å². The Balaban J connectivity index is 1.92. The van der Waals surface area contributed by atoms with Crippen LogP contribution in [-0.4, -0.2) is 34.7 Å². The molecule has 8 nitrogen and oxygen atoms in total. The van der Waals surface area contributed by atoms with E-state index in [2.05, 4.69) is 5.32 Å². The lowest BCUT2D eigenvalue weighted by molar-refractivity contribution is -0.184. The molecule has 2 atom stereocenters. The maximum atomic E-state index is 13.3. The van der Waals surface area contributed by atoms with Crippen LogP contribution in [0.25, 0.3) is 11.1 Å². The van der Waals surface area contributed by atoms with Crippen molar-refractivity contribution in [3.63, 3.8) is 0 Å². The van der Waals surface area contributed by atoms with Gasteiger partial charge in [0, 0.05) is 27.3 Å². The monoisotopic (exact) mass is 612 g/mol. The van der Waals surface area contributed by atoms with Gasteiger partial charge in [0.1, 0.15) is 11.7 Å². The molecule has 1 heterocycles. The Morgan fingerprint density at radius 1 is 1.02 bits per heavy atom. The van der Waals surface area contributed by atoms with Crippen molar-refractivity contribution in [3.05, 3.63) is 91.3 Å². The van der Waals surface area contributed by atoms with Crippen LogP contribution in [-0.2, 0) is 38.7 Å². The van der Waals surface area contributed by atoms with Gasteiger partial charge in [-0.2, -0.15) is 13.2 Å². The van der Waals surface area contributed by atoms with E-state index in [9.17, 15) is 32.3 Å². The van der Waals surface area contributed by atoms with Crippen LogP contribution in [0.5, 0.6) is 0 Å². The highest BCUT2D eigenvalue weighted by molar-refractivity contribution is 6.39. The minimum atomic E-state index is -4.70. The number of aryl methyl sites for hydroxylation is 1. The topological polar surface area (TPSA) is 104 Å². The third kappa shape index (κ3) is 7.68. The van der Waals surface area contributed by atoms with Gasteiger partial charge in [-0.25, -0.2) is 4.79 Å². The van der Waals surface area contributed by atoms with Crippen molar-refractivity contribution in [3.8, 4) is 11.1 Å². The van der Waals surface area contributed by atoms with E-state index in [0.29, 0.717) is 15.7 Å². The minimum absolute atomic E-state index is 0.0493. The van der Waals surface area contributed by atoms with E-state index in [1.54, 1.807) is 18.2 Å². The predicted octanol–water partition coefficient (Wildman–Crippen LogP) is 5.48. The molecule has 0 aliphatic carbocycles. The van der Waals surface area contributed by atoms with Crippen LogP contribution in [0.3, 0.4) is 0 Å². The summed E-state index contributed by atoms with van der Waals surface area (Å²) in [6, 6.07) is 10.2. The zero-order valence-corrected chi connectivity index (χ0v) is 23.8. The van der Waals surface area contributed by atoms with Gasteiger partial charge in [0.15, 0.2) is 0 Å². The third-order valence-corrected chi connectivity index (χ3v) is 6.62. The van der Waals surface area contributed by atoms with Crippen LogP contribution in [0.1, 0.15) is 41.0 Å². The molecule has 0 saturated carbocycles. The number of hydrogen-bond donors (Lipinski definition) is 1. The number of alkyl halides is 3. The molecule has 3 aromatic rings. The number of rotatable bonds is 8. The van der Waals surface area contributed by atoms with Crippen LogP contribution >= 0.6 is 23.2 Å². The van der Waals surface area contributed by atoms with Crippen molar-refractivity contribution in [2.75, 3.05) is 0 Å². The van der Waals surface area contributed by atoms with Gasteiger partial charge in [-0.3, -0.25) is 14.4 Å². The number of pyridine rings is 1. The summed E-state index contributed by atoms with van der Waals surface area (Å²) in [5.41, 5.74) is -0.879. The zero-order chi connectivity index (χ0) is 30.6. The molecule has 0 aliphatic rings. The lowest BCUT2D eigenvalue weighted by Gasteiger charge is -2.21. The molecule has 3 rings (SSSR count). The maximum absolute atomic E-state index is 13.3. The Labute approximate surface area is 243 Å². The van der Waals surface area contributed by atoms with Gasteiger partial charge in [-0.05, 0) is 41.8 Å². The number of halogens is 5. The molecule has 1 amide bonds. The SMILES string of the molecule is CC(=O)OC(C)OC(=O)C(Cc1ccc(-c2c(C)cc(C(F)(F)F)n(C)c2=O)cc1)NC(=O)c1c(Cl)cccc1Cl. The van der Waals surface area contributed by atoms with E-state index in [1.165, 1.54) is 38.1 Å². The molecule has 0 fully saturated rings. The Bertz CT molecular complexity index is 1520. The number of carbonyl (C=O) groups is 3. The normalized spacial score (nSPS) is 12.8.